The van der Waals surface area contributed by atoms with E-state index in [1.165, 1.54) is 0 Å². The van der Waals surface area contributed by atoms with Crippen LogP contribution in [0.4, 0.5) is 13.2 Å². The van der Waals surface area contributed by atoms with E-state index in [4.69, 9.17) is 0 Å². The molecule has 0 aromatic heterocycles. The quantitative estimate of drug-likeness (QED) is 0.767. The minimum Gasteiger partial charge on any atom is -0.352 e. The van der Waals surface area contributed by atoms with Crippen molar-refractivity contribution in [3.8, 4) is 0 Å². The lowest BCUT2D eigenvalue weighted by Crippen LogP contribution is -2.55. The molecule has 1 aromatic carbocycles. The Kier molecular flexibility index (Phi) is 7.09. The normalized spacial score (nSPS) is 20.4. The highest BCUT2D eigenvalue weighted by Crippen LogP contribution is 2.47. The van der Waals surface area contributed by atoms with Crippen molar-refractivity contribution in [3.63, 3.8) is 0 Å². The van der Waals surface area contributed by atoms with Crippen molar-refractivity contribution < 1.29 is 22.8 Å². The number of likely N-dealkylation sites (tertiary alicyclic amines) is 1. The lowest BCUT2D eigenvalue weighted by Gasteiger charge is -2.35. The Morgan fingerprint density at radius 3 is 2.43 bits per heavy atom. The molecular weight excluding hydrogens is 371 g/mol. The van der Waals surface area contributed by atoms with Crippen molar-refractivity contribution in [2.75, 3.05) is 26.2 Å². The predicted molar refractivity (Wildman–Crippen MR) is 100 cm³/mol. The minimum atomic E-state index is -4.68. The highest BCUT2D eigenvalue weighted by atomic mass is 19.4. The van der Waals surface area contributed by atoms with Gasteiger partial charge in [0, 0.05) is 25.7 Å². The van der Waals surface area contributed by atoms with Crippen molar-refractivity contribution in [2.45, 2.75) is 46.0 Å². The molecule has 0 saturated carbocycles. The summed E-state index contributed by atoms with van der Waals surface area (Å²) in [5, 5.41) is 2.62. The fourth-order valence-electron chi connectivity index (χ4n) is 3.56. The number of carbonyl (C=O) groups is 2. The third-order valence-corrected chi connectivity index (χ3v) is 5.00. The van der Waals surface area contributed by atoms with Crippen LogP contribution in [0.1, 0.15) is 32.8 Å². The summed E-state index contributed by atoms with van der Waals surface area (Å²) in [7, 11) is 0. The van der Waals surface area contributed by atoms with Crippen LogP contribution >= 0.6 is 0 Å². The van der Waals surface area contributed by atoms with E-state index in [2.05, 4.69) is 5.32 Å². The molecule has 1 N–H and O–H groups in total. The molecule has 8 heteroatoms. The molecule has 2 rings (SSSR count). The van der Waals surface area contributed by atoms with Gasteiger partial charge in [-0.3, -0.25) is 14.5 Å². The van der Waals surface area contributed by atoms with Crippen molar-refractivity contribution in [3.05, 3.63) is 35.9 Å². The van der Waals surface area contributed by atoms with E-state index < -0.39 is 30.0 Å². The number of amides is 2. The van der Waals surface area contributed by atoms with Gasteiger partial charge in [0.1, 0.15) is 0 Å². The van der Waals surface area contributed by atoms with Crippen LogP contribution < -0.4 is 5.32 Å². The molecule has 1 aliphatic rings. The Morgan fingerprint density at radius 2 is 1.89 bits per heavy atom. The summed E-state index contributed by atoms with van der Waals surface area (Å²) in [6, 6.07) is 9.07. The molecule has 5 nitrogen and oxygen atoms in total. The van der Waals surface area contributed by atoms with Gasteiger partial charge in [-0.2, -0.15) is 13.2 Å². The Labute approximate surface area is 163 Å². The van der Waals surface area contributed by atoms with E-state index in [1.54, 1.807) is 25.7 Å². The molecule has 28 heavy (non-hydrogen) atoms. The first-order chi connectivity index (χ1) is 13.1. The number of rotatable bonds is 7. The molecule has 1 atom stereocenters. The summed E-state index contributed by atoms with van der Waals surface area (Å²) in [6.07, 6.45) is -4.98. The number of nitrogens with zero attached hydrogens (tertiary/aromatic N) is 2. The maximum Gasteiger partial charge on any atom is 0.404 e. The molecule has 1 aromatic rings. The van der Waals surface area contributed by atoms with Gasteiger partial charge in [-0.25, -0.2) is 0 Å². The summed E-state index contributed by atoms with van der Waals surface area (Å²) in [6.45, 7) is 4.90. The van der Waals surface area contributed by atoms with Gasteiger partial charge >= 0.3 is 6.18 Å². The molecule has 1 aliphatic heterocycles. The first-order valence-corrected chi connectivity index (χ1v) is 9.51. The van der Waals surface area contributed by atoms with Crippen LogP contribution in [0, 0.1) is 5.41 Å². The third kappa shape index (κ3) is 5.04. The molecule has 1 heterocycles. The highest BCUT2D eigenvalue weighted by molar-refractivity contribution is 5.89. The molecule has 1 saturated heterocycles. The summed E-state index contributed by atoms with van der Waals surface area (Å²) < 4.78 is 42.1. The molecule has 0 radical (unpaired) electrons. The number of likely N-dealkylation sites (N-methyl/N-ethyl adjacent to an activating group) is 1. The Morgan fingerprint density at radius 1 is 1.25 bits per heavy atom. The van der Waals surface area contributed by atoms with Crippen LogP contribution in [-0.2, 0) is 16.1 Å². The van der Waals surface area contributed by atoms with E-state index in [-0.39, 0.29) is 32.1 Å². The van der Waals surface area contributed by atoms with Gasteiger partial charge in [-0.1, -0.05) is 30.3 Å². The number of nitrogens with one attached hydrogen (secondary N) is 1. The molecule has 156 valence electrons. The number of halogens is 3. The van der Waals surface area contributed by atoms with Crippen LogP contribution in [0.3, 0.4) is 0 Å². The summed E-state index contributed by atoms with van der Waals surface area (Å²) >= 11 is 0. The number of benzene rings is 1. The van der Waals surface area contributed by atoms with Crippen molar-refractivity contribution in [2.24, 2.45) is 5.41 Å². The molecule has 1 fully saturated rings. The van der Waals surface area contributed by atoms with Crippen molar-refractivity contribution in [1.29, 1.82) is 0 Å². The van der Waals surface area contributed by atoms with Crippen LogP contribution in [-0.4, -0.2) is 60.0 Å². The topological polar surface area (TPSA) is 52.7 Å². The highest BCUT2D eigenvalue weighted by Gasteiger charge is 2.63. The minimum absolute atomic E-state index is 0.0425. The molecule has 0 spiro atoms. The number of alkyl halides is 3. The van der Waals surface area contributed by atoms with E-state index in [9.17, 15) is 22.8 Å². The average molecular weight is 399 g/mol. The van der Waals surface area contributed by atoms with Gasteiger partial charge in [0.2, 0.25) is 11.8 Å². The van der Waals surface area contributed by atoms with Crippen LogP contribution in [0.15, 0.2) is 30.3 Å². The van der Waals surface area contributed by atoms with E-state index in [1.807, 2.05) is 30.3 Å². The maximum absolute atomic E-state index is 14.0. The van der Waals surface area contributed by atoms with Gasteiger partial charge in [-0.05, 0) is 39.3 Å². The molecule has 2 amide bonds. The number of carbonyl (C=O) groups excluding carboxylic acids is 2. The zero-order valence-corrected chi connectivity index (χ0v) is 16.6. The van der Waals surface area contributed by atoms with Crippen molar-refractivity contribution in [1.82, 2.24) is 15.1 Å². The molecule has 0 bridgehead atoms. The monoisotopic (exact) mass is 399 g/mol. The standard InChI is InChI=1S/C20H28F3N3O2/c1-4-26(13-17(27)24-15(2)3)18(28)19(20(21,22)23)10-11-25(14-19)12-16-8-6-5-7-9-16/h5-9,15H,4,10-14H2,1-3H3,(H,24,27). The molecule has 1 unspecified atom stereocenters. The predicted octanol–water partition coefficient (Wildman–Crippen LogP) is 2.81. The molecule has 0 aliphatic carbocycles. The Balaban J connectivity index is 2.18. The van der Waals surface area contributed by atoms with Crippen LogP contribution in [0.25, 0.3) is 0 Å². The first kappa shape index (κ1) is 22.2. The second-order valence-corrected chi connectivity index (χ2v) is 7.57. The SMILES string of the molecule is CCN(CC(=O)NC(C)C)C(=O)C1(C(F)(F)F)CCN(Cc2ccccc2)C1. The Bertz CT molecular complexity index is 679. The van der Waals surface area contributed by atoms with Gasteiger partial charge in [0.05, 0.1) is 6.54 Å². The zero-order chi connectivity index (χ0) is 20.9. The van der Waals surface area contributed by atoms with Crippen LogP contribution in [0.5, 0.6) is 0 Å². The van der Waals surface area contributed by atoms with Gasteiger partial charge < -0.3 is 10.2 Å². The smallest absolute Gasteiger partial charge is 0.352 e. The van der Waals surface area contributed by atoms with Crippen molar-refractivity contribution >= 4 is 11.8 Å². The zero-order valence-electron chi connectivity index (χ0n) is 16.6. The maximum atomic E-state index is 14.0. The van der Waals surface area contributed by atoms with Gasteiger partial charge in [0.25, 0.3) is 0 Å². The summed E-state index contributed by atoms with van der Waals surface area (Å²) in [4.78, 5) is 27.6. The van der Waals surface area contributed by atoms with Gasteiger partial charge in [0.15, 0.2) is 5.41 Å². The lowest BCUT2D eigenvalue weighted by atomic mass is 9.84. The van der Waals surface area contributed by atoms with Gasteiger partial charge in [-0.15, -0.1) is 0 Å². The van der Waals surface area contributed by atoms with E-state index in [0.29, 0.717) is 6.54 Å². The van der Waals surface area contributed by atoms with E-state index in [0.717, 1.165) is 10.5 Å². The summed E-state index contributed by atoms with van der Waals surface area (Å²) in [5.74, 6) is -1.47. The number of hydrogen-bond acceptors (Lipinski definition) is 3. The number of hydrogen-bond donors (Lipinski definition) is 1. The first-order valence-electron chi connectivity index (χ1n) is 9.51. The largest absolute Gasteiger partial charge is 0.404 e. The third-order valence-electron chi connectivity index (χ3n) is 5.00. The fraction of sp³-hybridized carbons (Fsp3) is 0.600. The Hall–Kier alpha value is -2.09. The van der Waals surface area contributed by atoms with E-state index >= 15 is 0 Å². The second kappa shape index (κ2) is 8.94. The lowest BCUT2D eigenvalue weighted by molar-refractivity contribution is -0.223. The van der Waals surface area contributed by atoms with Crippen LogP contribution in [0.2, 0.25) is 0 Å². The fourth-order valence-corrected chi connectivity index (χ4v) is 3.56. The second-order valence-electron chi connectivity index (χ2n) is 7.57. The average Bonchev–Trinajstić information content (AvgIpc) is 3.04. The molecular formula is C20H28F3N3O2. The summed E-state index contributed by atoms with van der Waals surface area (Å²) in [5.41, 5.74) is -1.58.